The Morgan fingerprint density at radius 2 is 1.98 bits per heavy atom. The van der Waals surface area contributed by atoms with E-state index in [0.29, 0.717) is 52.4 Å². The molecule has 3 N–H and O–H groups in total. The summed E-state index contributed by atoms with van der Waals surface area (Å²) in [5.41, 5.74) is 10.7. The Labute approximate surface area is 241 Å². The number of carbonyl (C=O) groups is 2. The zero-order valence-electron chi connectivity index (χ0n) is 22.5. The van der Waals surface area contributed by atoms with Crippen molar-refractivity contribution in [3.63, 3.8) is 0 Å². The van der Waals surface area contributed by atoms with Crippen LogP contribution in [-0.4, -0.2) is 54.9 Å². The Hall–Kier alpha value is -4.05. The van der Waals surface area contributed by atoms with Crippen LogP contribution in [0.3, 0.4) is 0 Å². The SMILES string of the molecule is CC(C)c1ccc(NC(=O)c2cccc(-c3nn([C@@H]4CCCN(C(=O)/C=C/CBr)C4)c4ncnc(N)c34)c2)cc1. The minimum absolute atomic E-state index is 0.0208. The number of aromatic nitrogens is 4. The number of allylic oxidation sites excluding steroid dienone is 1. The molecule has 206 valence electrons. The third-order valence-electron chi connectivity index (χ3n) is 7.16. The van der Waals surface area contributed by atoms with Gasteiger partial charge in [0.25, 0.3) is 5.91 Å². The summed E-state index contributed by atoms with van der Waals surface area (Å²) in [6, 6.07) is 15.1. The Balaban J connectivity index is 1.45. The molecule has 0 radical (unpaired) electrons. The molecule has 0 spiro atoms. The van der Waals surface area contributed by atoms with Crippen molar-refractivity contribution in [2.24, 2.45) is 0 Å². The zero-order chi connectivity index (χ0) is 28.2. The van der Waals surface area contributed by atoms with Crippen molar-refractivity contribution >= 4 is 50.3 Å². The van der Waals surface area contributed by atoms with Gasteiger partial charge in [0.05, 0.1) is 11.4 Å². The molecule has 9 nitrogen and oxygen atoms in total. The average Bonchev–Trinajstić information content (AvgIpc) is 3.37. The van der Waals surface area contributed by atoms with Crippen molar-refractivity contribution in [3.8, 4) is 11.3 Å². The largest absolute Gasteiger partial charge is 0.383 e. The highest BCUT2D eigenvalue weighted by Crippen LogP contribution is 2.34. The molecule has 2 aromatic heterocycles. The smallest absolute Gasteiger partial charge is 0.255 e. The summed E-state index contributed by atoms with van der Waals surface area (Å²) >= 11 is 3.32. The van der Waals surface area contributed by atoms with Crippen LogP contribution in [0.5, 0.6) is 0 Å². The quantitative estimate of drug-likeness (QED) is 0.211. The van der Waals surface area contributed by atoms with Crippen LogP contribution in [0.4, 0.5) is 11.5 Å². The van der Waals surface area contributed by atoms with Gasteiger partial charge in [-0.15, -0.1) is 0 Å². The number of alkyl halides is 1. The fourth-order valence-electron chi connectivity index (χ4n) is 5.02. The number of nitrogens with two attached hydrogens (primary N) is 1. The van der Waals surface area contributed by atoms with Gasteiger partial charge in [0.1, 0.15) is 17.8 Å². The van der Waals surface area contributed by atoms with Gasteiger partial charge in [-0.05, 0) is 54.7 Å². The summed E-state index contributed by atoms with van der Waals surface area (Å²) in [6.45, 7) is 5.48. The number of likely N-dealkylation sites (tertiary alicyclic amines) is 1. The van der Waals surface area contributed by atoms with Crippen molar-refractivity contribution in [3.05, 3.63) is 78.1 Å². The Morgan fingerprint density at radius 3 is 2.73 bits per heavy atom. The van der Waals surface area contributed by atoms with Gasteiger partial charge in [-0.1, -0.05) is 60.1 Å². The number of rotatable bonds is 7. The standard InChI is InChI=1S/C30H32BrN7O2/c1-19(2)20-10-12-23(13-11-20)35-30(40)22-7-3-6-21(16-22)27-26-28(32)33-18-34-29(26)38(36-27)24-8-5-15-37(17-24)25(39)9-4-14-31/h3-4,6-7,9-13,16,18-19,24H,5,8,14-15,17H2,1-2H3,(H,35,40)(H2,32,33,34)/b9-4+/t24-/m1/s1. The average molecular weight is 603 g/mol. The van der Waals surface area contributed by atoms with E-state index in [2.05, 4.69) is 45.1 Å². The normalized spacial score (nSPS) is 15.7. The summed E-state index contributed by atoms with van der Waals surface area (Å²) in [5.74, 6) is 0.494. The lowest BCUT2D eigenvalue weighted by molar-refractivity contribution is -0.127. The molecule has 2 aromatic carbocycles. The number of anilines is 2. The summed E-state index contributed by atoms with van der Waals surface area (Å²) in [4.78, 5) is 36.4. The van der Waals surface area contributed by atoms with E-state index in [1.807, 2.05) is 46.0 Å². The van der Waals surface area contributed by atoms with Gasteiger partial charge in [0.2, 0.25) is 5.91 Å². The van der Waals surface area contributed by atoms with Crippen LogP contribution in [0.2, 0.25) is 0 Å². The number of fused-ring (bicyclic) bond motifs is 1. The molecule has 1 saturated heterocycles. The van der Waals surface area contributed by atoms with E-state index in [4.69, 9.17) is 10.8 Å². The molecule has 10 heteroatoms. The summed E-state index contributed by atoms with van der Waals surface area (Å²) in [5, 5.41) is 9.19. The van der Waals surface area contributed by atoms with Gasteiger partial charge in [0, 0.05) is 35.2 Å². The van der Waals surface area contributed by atoms with Gasteiger partial charge in [-0.25, -0.2) is 14.6 Å². The minimum atomic E-state index is -0.218. The van der Waals surface area contributed by atoms with Gasteiger partial charge in [-0.2, -0.15) is 5.10 Å². The number of hydrogen-bond acceptors (Lipinski definition) is 6. The van der Waals surface area contributed by atoms with Crippen LogP contribution < -0.4 is 11.1 Å². The van der Waals surface area contributed by atoms with Crippen molar-refractivity contribution in [2.75, 3.05) is 29.5 Å². The number of halogens is 1. The third kappa shape index (κ3) is 5.77. The van der Waals surface area contributed by atoms with Crippen molar-refractivity contribution in [2.45, 2.75) is 38.6 Å². The van der Waals surface area contributed by atoms with E-state index in [9.17, 15) is 9.59 Å². The van der Waals surface area contributed by atoms with Gasteiger partial charge < -0.3 is 16.0 Å². The highest BCUT2D eigenvalue weighted by atomic mass is 79.9. The second-order valence-electron chi connectivity index (χ2n) is 10.2. The molecule has 40 heavy (non-hydrogen) atoms. The molecule has 5 rings (SSSR count). The number of nitrogens with zero attached hydrogens (tertiary/aromatic N) is 5. The molecule has 0 unspecified atom stereocenters. The fraction of sp³-hybridized carbons (Fsp3) is 0.300. The van der Waals surface area contributed by atoms with Crippen LogP contribution in [0, 0.1) is 0 Å². The van der Waals surface area contributed by atoms with E-state index >= 15 is 0 Å². The zero-order valence-corrected chi connectivity index (χ0v) is 24.1. The third-order valence-corrected chi connectivity index (χ3v) is 7.53. The van der Waals surface area contributed by atoms with E-state index in [1.54, 1.807) is 24.3 Å². The van der Waals surface area contributed by atoms with E-state index in [0.717, 1.165) is 24.1 Å². The van der Waals surface area contributed by atoms with E-state index < -0.39 is 0 Å². The molecule has 1 aliphatic rings. The summed E-state index contributed by atoms with van der Waals surface area (Å²) < 4.78 is 1.86. The summed E-state index contributed by atoms with van der Waals surface area (Å²) in [6.07, 6.45) is 6.52. The molecule has 0 saturated carbocycles. The number of benzene rings is 2. The number of nitrogens with one attached hydrogen (secondary N) is 1. The molecule has 1 fully saturated rings. The first kappa shape index (κ1) is 27.5. The van der Waals surface area contributed by atoms with Gasteiger partial charge in [0.15, 0.2) is 5.65 Å². The summed E-state index contributed by atoms with van der Waals surface area (Å²) in [7, 11) is 0. The minimum Gasteiger partial charge on any atom is -0.383 e. The molecule has 0 bridgehead atoms. The van der Waals surface area contributed by atoms with Crippen LogP contribution >= 0.6 is 15.9 Å². The van der Waals surface area contributed by atoms with Crippen LogP contribution in [-0.2, 0) is 4.79 Å². The van der Waals surface area contributed by atoms with E-state index in [1.165, 1.54) is 11.9 Å². The van der Waals surface area contributed by atoms with Gasteiger partial charge >= 0.3 is 0 Å². The molecular formula is C30H32BrN7O2. The Morgan fingerprint density at radius 1 is 1.18 bits per heavy atom. The molecule has 4 aromatic rings. The monoisotopic (exact) mass is 601 g/mol. The Bertz CT molecular complexity index is 1560. The second kappa shape index (κ2) is 12.0. The fourth-order valence-corrected chi connectivity index (χ4v) is 5.21. The highest BCUT2D eigenvalue weighted by Gasteiger charge is 2.28. The second-order valence-corrected chi connectivity index (χ2v) is 10.8. The predicted molar refractivity (Wildman–Crippen MR) is 161 cm³/mol. The number of piperidine rings is 1. The lowest BCUT2D eigenvalue weighted by Crippen LogP contribution is -2.40. The van der Waals surface area contributed by atoms with Crippen LogP contribution in [0.1, 0.15) is 54.6 Å². The molecular weight excluding hydrogens is 570 g/mol. The molecule has 3 heterocycles. The lowest BCUT2D eigenvalue weighted by Gasteiger charge is -2.32. The highest BCUT2D eigenvalue weighted by molar-refractivity contribution is 9.09. The predicted octanol–water partition coefficient (Wildman–Crippen LogP) is 5.57. The van der Waals surface area contributed by atoms with Crippen molar-refractivity contribution < 1.29 is 9.59 Å². The maximum Gasteiger partial charge on any atom is 0.255 e. The van der Waals surface area contributed by atoms with E-state index in [-0.39, 0.29) is 17.9 Å². The van der Waals surface area contributed by atoms with Crippen molar-refractivity contribution in [1.82, 2.24) is 24.6 Å². The molecule has 1 atom stereocenters. The maximum atomic E-state index is 13.1. The Kier molecular flexibility index (Phi) is 8.25. The first-order valence-corrected chi connectivity index (χ1v) is 14.5. The number of carbonyl (C=O) groups excluding carboxylic acids is 2. The number of hydrogen-bond donors (Lipinski definition) is 2. The first-order valence-electron chi connectivity index (χ1n) is 13.4. The molecule has 1 aliphatic heterocycles. The van der Waals surface area contributed by atoms with Crippen LogP contribution in [0.15, 0.2) is 67.0 Å². The first-order chi connectivity index (χ1) is 19.4. The topological polar surface area (TPSA) is 119 Å². The molecule has 2 amide bonds. The maximum absolute atomic E-state index is 13.1. The molecule has 0 aliphatic carbocycles. The lowest BCUT2D eigenvalue weighted by atomic mass is 10.0. The number of amides is 2. The van der Waals surface area contributed by atoms with Gasteiger partial charge in [-0.3, -0.25) is 9.59 Å². The van der Waals surface area contributed by atoms with Crippen LogP contribution in [0.25, 0.3) is 22.3 Å². The number of nitrogen functional groups attached to an aromatic ring is 1. The van der Waals surface area contributed by atoms with Crippen molar-refractivity contribution in [1.29, 1.82) is 0 Å².